The molecule has 0 saturated carbocycles. The van der Waals surface area contributed by atoms with Gasteiger partial charge < -0.3 is 15.6 Å². The molecule has 0 amide bonds. The zero-order chi connectivity index (χ0) is 11.3. The summed E-state index contributed by atoms with van der Waals surface area (Å²) in [5.41, 5.74) is 6.99. The van der Waals surface area contributed by atoms with Crippen molar-refractivity contribution in [3.05, 3.63) is 28.2 Å². The van der Waals surface area contributed by atoms with Crippen molar-refractivity contribution < 1.29 is 9.84 Å². The molecule has 84 valence electrons. The Bertz CT molecular complexity index is 317. The highest BCUT2D eigenvalue weighted by atomic mass is 79.9. The first-order chi connectivity index (χ1) is 7.19. The molecule has 1 rings (SSSR count). The van der Waals surface area contributed by atoms with Crippen LogP contribution in [0.5, 0.6) is 5.75 Å². The number of aliphatic hydroxyl groups excluding tert-OH is 1. The van der Waals surface area contributed by atoms with Crippen LogP contribution < -0.4 is 10.5 Å². The number of methoxy groups -OCH3 is 1. The SMILES string of the molecule is COc1ccc(Br)cc1C(N)CCCO. The first-order valence-corrected chi connectivity index (χ1v) is 5.68. The number of aliphatic hydroxyl groups is 1. The number of hydrogen-bond donors (Lipinski definition) is 2. The molecule has 0 aliphatic rings. The van der Waals surface area contributed by atoms with Gasteiger partial charge in [-0.25, -0.2) is 0 Å². The van der Waals surface area contributed by atoms with E-state index in [4.69, 9.17) is 15.6 Å². The van der Waals surface area contributed by atoms with Crippen LogP contribution in [0.1, 0.15) is 24.4 Å². The van der Waals surface area contributed by atoms with E-state index in [0.29, 0.717) is 6.42 Å². The Kier molecular flexibility index (Phi) is 5.08. The molecule has 0 radical (unpaired) electrons. The topological polar surface area (TPSA) is 55.5 Å². The van der Waals surface area contributed by atoms with Crippen molar-refractivity contribution in [2.45, 2.75) is 18.9 Å². The maximum absolute atomic E-state index is 8.75. The van der Waals surface area contributed by atoms with Crippen LogP contribution in [0.4, 0.5) is 0 Å². The van der Waals surface area contributed by atoms with E-state index in [-0.39, 0.29) is 12.6 Å². The zero-order valence-corrected chi connectivity index (χ0v) is 10.3. The van der Waals surface area contributed by atoms with E-state index < -0.39 is 0 Å². The molecule has 0 saturated heterocycles. The quantitative estimate of drug-likeness (QED) is 0.865. The van der Waals surface area contributed by atoms with Crippen LogP contribution in [0.15, 0.2) is 22.7 Å². The molecule has 15 heavy (non-hydrogen) atoms. The summed E-state index contributed by atoms with van der Waals surface area (Å²) in [7, 11) is 1.63. The smallest absolute Gasteiger partial charge is 0.123 e. The molecule has 1 aromatic rings. The van der Waals surface area contributed by atoms with Gasteiger partial charge in [-0.15, -0.1) is 0 Å². The Morgan fingerprint density at radius 3 is 2.87 bits per heavy atom. The third-order valence-corrected chi connectivity index (χ3v) is 2.76. The summed E-state index contributed by atoms with van der Waals surface area (Å²) >= 11 is 3.40. The Balaban J connectivity index is 2.85. The van der Waals surface area contributed by atoms with Gasteiger partial charge in [0, 0.05) is 22.7 Å². The lowest BCUT2D eigenvalue weighted by Gasteiger charge is -2.15. The highest BCUT2D eigenvalue weighted by Gasteiger charge is 2.11. The van der Waals surface area contributed by atoms with Gasteiger partial charge in [0.05, 0.1) is 7.11 Å². The van der Waals surface area contributed by atoms with Gasteiger partial charge in [0.25, 0.3) is 0 Å². The lowest BCUT2D eigenvalue weighted by Crippen LogP contribution is -2.12. The Hall–Kier alpha value is -0.580. The summed E-state index contributed by atoms with van der Waals surface area (Å²) in [4.78, 5) is 0. The first kappa shape index (κ1) is 12.5. The van der Waals surface area contributed by atoms with Gasteiger partial charge in [0.15, 0.2) is 0 Å². The molecule has 0 bridgehead atoms. The first-order valence-electron chi connectivity index (χ1n) is 4.89. The summed E-state index contributed by atoms with van der Waals surface area (Å²) in [6.07, 6.45) is 1.46. The van der Waals surface area contributed by atoms with Gasteiger partial charge in [-0.2, -0.15) is 0 Å². The van der Waals surface area contributed by atoms with E-state index in [1.54, 1.807) is 7.11 Å². The molecule has 0 fully saturated rings. The molecule has 1 aromatic carbocycles. The van der Waals surface area contributed by atoms with Gasteiger partial charge in [-0.1, -0.05) is 15.9 Å². The summed E-state index contributed by atoms with van der Waals surface area (Å²) in [6.45, 7) is 0.171. The second kappa shape index (κ2) is 6.10. The average molecular weight is 274 g/mol. The monoisotopic (exact) mass is 273 g/mol. The Morgan fingerprint density at radius 1 is 1.53 bits per heavy atom. The second-order valence-corrected chi connectivity index (χ2v) is 4.27. The standard InChI is InChI=1S/C11H16BrNO2/c1-15-11-5-4-8(12)7-9(11)10(13)3-2-6-14/h4-5,7,10,14H,2-3,6,13H2,1H3. The van der Waals surface area contributed by atoms with Crippen molar-refractivity contribution in [2.24, 2.45) is 5.73 Å². The van der Waals surface area contributed by atoms with E-state index in [2.05, 4.69) is 15.9 Å². The molecular weight excluding hydrogens is 258 g/mol. The van der Waals surface area contributed by atoms with Crippen LogP contribution in [0, 0.1) is 0 Å². The normalized spacial score (nSPS) is 12.5. The van der Waals surface area contributed by atoms with E-state index in [1.807, 2.05) is 18.2 Å². The fourth-order valence-corrected chi connectivity index (χ4v) is 1.84. The zero-order valence-electron chi connectivity index (χ0n) is 8.74. The van der Waals surface area contributed by atoms with Gasteiger partial charge in [0.2, 0.25) is 0 Å². The molecule has 0 aliphatic heterocycles. The molecule has 0 spiro atoms. The van der Waals surface area contributed by atoms with Crippen LogP contribution in [0.2, 0.25) is 0 Å². The molecule has 0 heterocycles. The number of rotatable bonds is 5. The van der Waals surface area contributed by atoms with E-state index in [9.17, 15) is 0 Å². The number of benzene rings is 1. The summed E-state index contributed by atoms with van der Waals surface area (Å²) in [5, 5.41) is 8.75. The highest BCUT2D eigenvalue weighted by Crippen LogP contribution is 2.29. The largest absolute Gasteiger partial charge is 0.496 e. The maximum Gasteiger partial charge on any atom is 0.123 e. The fraction of sp³-hybridized carbons (Fsp3) is 0.455. The Morgan fingerprint density at radius 2 is 2.27 bits per heavy atom. The van der Waals surface area contributed by atoms with Crippen molar-refractivity contribution in [1.82, 2.24) is 0 Å². The lowest BCUT2D eigenvalue weighted by molar-refractivity contribution is 0.279. The fourth-order valence-electron chi connectivity index (χ4n) is 1.46. The minimum atomic E-state index is -0.0930. The van der Waals surface area contributed by atoms with Crippen LogP contribution in [-0.4, -0.2) is 18.8 Å². The van der Waals surface area contributed by atoms with Gasteiger partial charge in [-0.3, -0.25) is 0 Å². The summed E-state index contributed by atoms with van der Waals surface area (Å²) in [6, 6.07) is 5.67. The molecule has 3 N–H and O–H groups in total. The molecule has 0 aromatic heterocycles. The molecular formula is C11H16BrNO2. The third kappa shape index (κ3) is 3.48. The predicted molar refractivity (Wildman–Crippen MR) is 63.9 cm³/mol. The van der Waals surface area contributed by atoms with Crippen molar-refractivity contribution >= 4 is 15.9 Å². The van der Waals surface area contributed by atoms with Crippen LogP contribution in [0.3, 0.4) is 0 Å². The van der Waals surface area contributed by atoms with E-state index >= 15 is 0 Å². The third-order valence-electron chi connectivity index (χ3n) is 2.26. The average Bonchev–Trinajstić information content (AvgIpc) is 2.25. The molecule has 4 heteroatoms. The minimum absolute atomic E-state index is 0.0930. The number of halogens is 1. The lowest BCUT2D eigenvalue weighted by atomic mass is 10.0. The van der Waals surface area contributed by atoms with Gasteiger partial charge in [-0.05, 0) is 31.0 Å². The molecule has 1 unspecified atom stereocenters. The van der Waals surface area contributed by atoms with Gasteiger partial charge >= 0.3 is 0 Å². The van der Waals surface area contributed by atoms with Crippen LogP contribution >= 0.6 is 15.9 Å². The predicted octanol–water partition coefficient (Wildman–Crippen LogP) is 2.23. The second-order valence-electron chi connectivity index (χ2n) is 3.36. The van der Waals surface area contributed by atoms with Crippen molar-refractivity contribution in [1.29, 1.82) is 0 Å². The maximum atomic E-state index is 8.75. The summed E-state index contributed by atoms with van der Waals surface area (Å²) in [5.74, 6) is 0.795. The molecule has 3 nitrogen and oxygen atoms in total. The minimum Gasteiger partial charge on any atom is -0.496 e. The van der Waals surface area contributed by atoms with E-state index in [1.165, 1.54) is 0 Å². The van der Waals surface area contributed by atoms with Crippen molar-refractivity contribution in [2.75, 3.05) is 13.7 Å². The van der Waals surface area contributed by atoms with Gasteiger partial charge in [0.1, 0.15) is 5.75 Å². The van der Waals surface area contributed by atoms with Crippen molar-refractivity contribution in [3.63, 3.8) is 0 Å². The van der Waals surface area contributed by atoms with Crippen LogP contribution in [0.25, 0.3) is 0 Å². The number of hydrogen-bond acceptors (Lipinski definition) is 3. The Labute approximate surface area is 98.4 Å². The van der Waals surface area contributed by atoms with Crippen molar-refractivity contribution in [3.8, 4) is 5.75 Å². The molecule has 1 atom stereocenters. The number of nitrogens with two attached hydrogens (primary N) is 1. The highest BCUT2D eigenvalue weighted by molar-refractivity contribution is 9.10. The van der Waals surface area contributed by atoms with E-state index in [0.717, 1.165) is 22.2 Å². The number of ether oxygens (including phenoxy) is 1. The molecule has 0 aliphatic carbocycles. The summed E-state index contributed by atoms with van der Waals surface area (Å²) < 4.78 is 6.22. The van der Waals surface area contributed by atoms with Crippen LogP contribution in [-0.2, 0) is 0 Å².